The van der Waals surface area contributed by atoms with Crippen molar-refractivity contribution in [1.82, 2.24) is 0 Å². The maximum absolute atomic E-state index is 13.4. The van der Waals surface area contributed by atoms with E-state index in [0.29, 0.717) is 13.0 Å². The fraction of sp³-hybridized carbons (Fsp3) is 0.550. The molecule has 0 aliphatic rings. The lowest BCUT2D eigenvalue weighted by Gasteiger charge is -2.17. The van der Waals surface area contributed by atoms with Gasteiger partial charge in [-0.3, -0.25) is 0 Å². The van der Waals surface area contributed by atoms with Gasteiger partial charge in [-0.05, 0) is 61.2 Å². The summed E-state index contributed by atoms with van der Waals surface area (Å²) in [7, 11) is 0. The summed E-state index contributed by atoms with van der Waals surface area (Å²) in [6.07, 6.45) is 0.449. The summed E-state index contributed by atoms with van der Waals surface area (Å²) in [5.41, 5.74) is -0.175. The molecule has 0 saturated heterocycles. The van der Waals surface area contributed by atoms with Gasteiger partial charge in [0.05, 0.1) is 17.3 Å². The first kappa shape index (κ1) is 26.6. The van der Waals surface area contributed by atoms with Crippen LogP contribution in [0.25, 0.3) is 0 Å². The van der Waals surface area contributed by atoms with Crippen LogP contribution in [-0.2, 0) is 11.0 Å². The second kappa shape index (κ2) is 13.7. The average Bonchev–Trinajstić information content (AvgIpc) is 2.62. The molecule has 0 amide bonds. The lowest BCUT2D eigenvalue weighted by atomic mass is 10.1. The van der Waals surface area contributed by atoms with Gasteiger partial charge in [0.15, 0.2) is 4.74 Å². The third kappa shape index (κ3) is 11.1. The van der Waals surface area contributed by atoms with E-state index in [2.05, 4.69) is 21.1 Å². The van der Waals surface area contributed by atoms with Gasteiger partial charge < -0.3 is 14.3 Å². The highest BCUT2D eigenvalue weighted by Gasteiger charge is 2.36. The summed E-state index contributed by atoms with van der Waals surface area (Å²) in [5, 5.41) is 3.62. The molecule has 4 nitrogen and oxygen atoms in total. The van der Waals surface area contributed by atoms with E-state index in [-0.39, 0.29) is 24.0 Å². The van der Waals surface area contributed by atoms with Crippen LogP contribution in [0.15, 0.2) is 28.1 Å². The molecule has 0 aromatic heterocycles. The van der Waals surface area contributed by atoms with Crippen LogP contribution in [0.3, 0.4) is 0 Å². The van der Waals surface area contributed by atoms with E-state index < -0.39 is 22.2 Å². The number of ether oxygens (including phenoxy) is 2. The van der Waals surface area contributed by atoms with Gasteiger partial charge in [0, 0.05) is 6.07 Å². The number of halogens is 6. The second-order valence-electron chi connectivity index (χ2n) is 6.57. The van der Waals surface area contributed by atoms with E-state index in [1.807, 2.05) is 13.8 Å². The first-order valence-electron chi connectivity index (χ1n) is 9.42. The number of oxime groups is 1. The molecule has 10 heteroatoms. The number of nitrogens with zero attached hydrogens (tertiary/aromatic N) is 1. The Balaban J connectivity index is 2.52. The molecule has 1 rings (SSSR count). The Kier molecular flexibility index (Phi) is 12.2. The van der Waals surface area contributed by atoms with Crippen molar-refractivity contribution in [2.45, 2.75) is 52.1 Å². The fourth-order valence-electron chi connectivity index (χ4n) is 2.36. The van der Waals surface area contributed by atoms with Crippen molar-refractivity contribution in [3.05, 3.63) is 33.5 Å². The topological polar surface area (TPSA) is 40.0 Å². The molecule has 0 aliphatic heterocycles. The quantitative estimate of drug-likeness (QED) is 0.116. The minimum atomic E-state index is -4.67. The molecule has 0 N–H and O–H groups in total. The lowest BCUT2D eigenvalue weighted by molar-refractivity contribution is -0.139. The summed E-state index contributed by atoms with van der Waals surface area (Å²) in [5.74, 6) is -0.561. The van der Waals surface area contributed by atoms with Gasteiger partial charge in [0.2, 0.25) is 0 Å². The molecule has 0 heterocycles. The Morgan fingerprint density at radius 3 is 2.30 bits per heavy atom. The van der Waals surface area contributed by atoms with Crippen molar-refractivity contribution in [1.29, 1.82) is 0 Å². The first-order valence-corrected chi connectivity index (χ1v) is 10.6. The maximum Gasteiger partial charge on any atom is 0.420 e. The van der Waals surface area contributed by atoms with Gasteiger partial charge in [-0.25, -0.2) is 0 Å². The molecule has 0 spiro atoms. The summed E-state index contributed by atoms with van der Waals surface area (Å²) in [4.78, 5) is 5.09. The Morgan fingerprint density at radius 1 is 1.07 bits per heavy atom. The van der Waals surface area contributed by atoms with Gasteiger partial charge in [0.1, 0.15) is 30.3 Å². The van der Waals surface area contributed by atoms with Gasteiger partial charge in [-0.1, -0.05) is 29.6 Å². The van der Waals surface area contributed by atoms with Crippen LogP contribution < -0.4 is 9.47 Å². The van der Waals surface area contributed by atoms with Crippen LogP contribution in [0.1, 0.15) is 51.5 Å². The Hall–Kier alpha value is -1.48. The van der Waals surface area contributed by atoms with Crippen LogP contribution >= 0.6 is 27.5 Å². The van der Waals surface area contributed by atoms with Gasteiger partial charge in [0.25, 0.3) is 0 Å². The summed E-state index contributed by atoms with van der Waals surface area (Å²) in [6.45, 7) is 4.09. The fourth-order valence-corrected chi connectivity index (χ4v) is 2.75. The molecule has 170 valence electrons. The highest BCUT2D eigenvalue weighted by atomic mass is 79.9. The van der Waals surface area contributed by atoms with E-state index in [1.54, 1.807) is 0 Å². The highest BCUT2D eigenvalue weighted by molar-refractivity contribution is 9.11. The van der Waals surface area contributed by atoms with Crippen LogP contribution in [-0.4, -0.2) is 25.5 Å². The average molecular weight is 519 g/mol. The molecule has 0 atom stereocenters. The first-order chi connectivity index (χ1) is 14.1. The van der Waals surface area contributed by atoms with Crippen molar-refractivity contribution in [2.75, 3.05) is 19.8 Å². The molecule has 1 aromatic rings. The maximum atomic E-state index is 13.4. The van der Waals surface area contributed by atoms with Crippen molar-refractivity contribution in [3.63, 3.8) is 0 Å². The Bertz CT molecular complexity index is 719. The largest absolute Gasteiger partial charge is 0.491 e. The van der Waals surface area contributed by atoms with E-state index >= 15 is 0 Å². The number of unbranched alkanes of at least 4 members (excludes halogenated alkanes) is 4. The standard InChI is InChI=1S/C20H25BrClF4NO3/c1-14(2)27-30-10-7-5-3-4-6-9-29-19-16(20(24,25)26)12-15(13-17(19)22)28-11-8-18(21)23/h8,12-13H,3-7,9-11H2,1-2H3/b18-8-. The molecule has 0 unspecified atom stereocenters. The summed E-state index contributed by atoms with van der Waals surface area (Å²) < 4.78 is 62.5. The monoisotopic (exact) mass is 517 g/mol. The minimum absolute atomic E-state index is 0.108. The minimum Gasteiger partial charge on any atom is -0.491 e. The van der Waals surface area contributed by atoms with Crippen LogP contribution in [0, 0.1) is 0 Å². The molecule has 0 saturated carbocycles. The number of benzene rings is 1. The van der Waals surface area contributed by atoms with Crippen LogP contribution in [0.5, 0.6) is 11.5 Å². The van der Waals surface area contributed by atoms with Crippen molar-refractivity contribution in [3.8, 4) is 11.5 Å². The molecular formula is C20H25BrClF4NO3. The van der Waals surface area contributed by atoms with Gasteiger partial charge in [-0.2, -0.15) is 17.6 Å². The molecule has 0 fully saturated rings. The van der Waals surface area contributed by atoms with Crippen LogP contribution in [0.2, 0.25) is 5.02 Å². The summed E-state index contributed by atoms with van der Waals surface area (Å²) >= 11 is 8.55. The molecule has 0 aliphatic carbocycles. The Labute approximate surface area is 187 Å². The third-order valence-electron chi connectivity index (χ3n) is 3.68. The molecule has 1 aromatic carbocycles. The number of hydrogen-bond donors (Lipinski definition) is 0. The predicted molar refractivity (Wildman–Crippen MR) is 113 cm³/mol. The van der Waals surface area contributed by atoms with E-state index in [0.717, 1.165) is 43.5 Å². The SMILES string of the molecule is CC(C)=NOCCCCCCCOc1c(Cl)cc(OC/C=C(\F)Br)cc1C(F)(F)F. The van der Waals surface area contributed by atoms with Crippen molar-refractivity contribution >= 4 is 33.2 Å². The normalized spacial score (nSPS) is 11.9. The van der Waals surface area contributed by atoms with Gasteiger partial charge in [-0.15, -0.1) is 0 Å². The Morgan fingerprint density at radius 2 is 1.70 bits per heavy atom. The number of alkyl halides is 3. The van der Waals surface area contributed by atoms with Gasteiger partial charge >= 0.3 is 6.18 Å². The molecule has 0 bridgehead atoms. The second-order valence-corrected chi connectivity index (χ2v) is 7.74. The number of hydrogen-bond acceptors (Lipinski definition) is 4. The van der Waals surface area contributed by atoms with Crippen LogP contribution in [0.4, 0.5) is 17.6 Å². The summed E-state index contributed by atoms with van der Waals surface area (Å²) in [6, 6.07) is 2.01. The van der Waals surface area contributed by atoms with E-state index in [9.17, 15) is 17.6 Å². The van der Waals surface area contributed by atoms with E-state index in [4.69, 9.17) is 25.9 Å². The zero-order chi connectivity index (χ0) is 22.6. The smallest absolute Gasteiger partial charge is 0.420 e. The predicted octanol–water partition coefficient (Wildman–Crippen LogP) is 7.69. The molecule has 0 radical (unpaired) electrons. The third-order valence-corrected chi connectivity index (χ3v) is 4.29. The van der Waals surface area contributed by atoms with Crippen molar-refractivity contribution in [2.24, 2.45) is 5.16 Å². The van der Waals surface area contributed by atoms with Crippen molar-refractivity contribution < 1.29 is 31.9 Å². The zero-order valence-electron chi connectivity index (χ0n) is 16.8. The highest BCUT2D eigenvalue weighted by Crippen LogP contribution is 2.43. The lowest BCUT2D eigenvalue weighted by Crippen LogP contribution is -2.11. The zero-order valence-corrected chi connectivity index (χ0v) is 19.2. The van der Waals surface area contributed by atoms with E-state index in [1.165, 1.54) is 6.07 Å². The number of rotatable bonds is 13. The molecule has 30 heavy (non-hydrogen) atoms. The molecular weight excluding hydrogens is 494 g/mol.